The predicted octanol–water partition coefficient (Wildman–Crippen LogP) is 3.13. The van der Waals surface area contributed by atoms with Crippen molar-refractivity contribution < 1.29 is 0 Å². The Hall–Kier alpha value is -1.16. The lowest BCUT2D eigenvalue weighted by Gasteiger charge is -2.39. The summed E-state index contributed by atoms with van der Waals surface area (Å²) >= 11 is 0. The molecule has 4 heteroatoms. The van der Waals surface area contributed by atoms with Crippen molar-refractivity contribution in [3.63, 3.8) is 0 Å². The molecule has 0 spiro atoms. The van der Waals surface area contributed by atoms with E-state index in [0.29, 0.717) is 12.1 Å². The van der Waals surface area contributed by atoms with Gasteiger partial charge in [0.25, 0.3) is 0 Å². The molecule has 3 rings (SSSR count). The van der Waals surface area contributed by atoms with Crippen LogP contribution in [0.1, 0.15) is 51.6 Å². The summed E-state index contributed by atoms with van der Waals surface area (Å²) in [5, 5.41) is 0. The molecule has 2 fully saturated rings. The van der Waals surface area contributed by atoms with Crippen molar-refractivity contribution in [1.29, 1.82) is 0 Å². The Labute approximate surface area is 134 Å². The van der Waals surface area contributed by atoms with E-state index in [1.165, 1.54) is 37.8 Å². The maximum absolute atomic E-state index is 4.88. The quantitative estimate of drug-likeness (QED) is 0.756. The van der Waals surface area contributed by atoms with Gasteiger partial charge < -0.3 is 9.80 Å². The van der Waals surface area contributed by atoms with E-state index < -0.39 is 0 Å². The molecule has 1 aromatic rings. The van der Waals surface area contributed by atoms with Gasteiger partial charge in [0.15, 0.2) is 0 Å². The Morgan fingerprint density at radius 2 is 1.91 bits per heavy atom. The first-order valence-electron chi connectivity index (χ1n) is 8.92. The molecular formula is C18H30N4. The number of likely N-dealkylation sites (N-methyl/N-ethyl adjacent to an activating group) is 1. The monoisotopic (exact) mass is 302 g/mol. The third-order valence-electron chi connectivity index (χ3n) is 5.06. The molecule has 0 amide bonds. The van der Waals surface area contributed by atoms with E-state index in [4.69, 9.17) is 4.98 Å². The van der Waals surface area contributed by atoms with Crippen molar-refractivity contribution in [3.8, 4) is 0 Å². The lowest BCUT2D eigenvalue weighted by Crippen LogP contribution is -2.53. The molecule has 122 valence electrons. The molecule has 2 unspecified atom stereocenters. The van der Waals surface area contributed by atoms with Crippen LogP contribution in [0.4, 0.5) is 5.95 Å². The van der Waals surface area contributed by atoms with E-state index in [2.05, 4.69) is 41.7 Å². The Kier molecular flexibility index (Phi) is 4.97. The number of nitrogens with zero attached hydrogens (tertiary/aromatic N) is 4. The summed E-state index contributed by atoms with van der Waals surface area (Å²) in [5.74, 6) is 1.78. The van der Waals surface area contributed by atoms with Gasteiger partial charge in [0.05, 0.1) is 0 Å². The molecule has 2 aliphatic heterocycles. The van der Waals surface area contributed by atoms with Crippen molar-refractivity contribution in [1.82, 2.24) is 14.9 Å². The Bertz CT molecular complexity index is 474. The molecular weight excluding hydrogens is 272 g/mol. The maximum Gasteiger partial charge on any atom is 0.226 e. The minimum Gasteiger partial charge on any atom is -0.332 e. The SMILES string of the molecule is CC(C)CCCCc1ccnc(N2C3CCC2CN(C)C3)n1. The topological polar surface area (TPSA) is 32.3 Å². The molecule has 2 bridgehead atoms. The minimum absolute atomic E-state index is 0.611. The molecule has 0 radical (unpaired) electrons. The summed E-state index contributed by atoms with van der Waals surface area (Å²) in [6.07, 6.45) is 9.48. The van der Waals surface area contributed by atoms with Gasteiger partial charge in [0, 0.05) is 37.1 Å². The second kappa shape index (κ2) is 6.95. The molecule has 22 heavy (non-hydrogen) atoms. The normalized spacial score (nSPS) is 25.2. The van der Waals surface area contributed by atoms with Crippen LogP contribution in [0.3, 0.4) is 0 Å². The van der Waals surface area contributed by atoms with Crippen LogP contribution >= 0.6 is 0 Å². The van der Waals surface area contributed by atoms with Gasteiger partial charge in [-0.2, -0.15) is 0 Å². The average molecular weight is 302 g/mol. The first-order chi connectivity index (χ1) is 10.6. The second-order valence-corrected chi connectivity index (χ2v) is 7.50. The largest absolute Gasteiger partial charge is 0.332 e. The Balaban J connectivity index is 1.62. The van der Waals surface area contributed by atoms with Crippen molar-refractivity contribution in [2.75, 3.05) is 25.0 Å². The average Bonchev–Trinajstić information content (AvgIpc) is 2.76. The Morgan fingerprint density at radius 1 is 1.18 bits per heavy atom. The van der Waals surface area contributed by atoms with Crippen molar-refractivity contribution in [2.45, 2.75) is 64.5 Å². The van der Waals surface area contributed by atoms with Crippen molar-refractivity contribution in [3.05, 3.63) is 18.0 Å². The van der Waals surface area contributed by atoms with Crippen LogP contribution in [0.25, 0.3) is 0 Å². The fourth-order valence-corrected chi connectivity index (χ4v) is 3.95. The zero-order valence-corrected chi connectivity index (χ0v) is 14.3. The number of unbranched alkanes of at least 4 members (excludes halogenated alkanes) is 1. The highest BCUT2D eigenvalue weighted by atomic mass is 15.4. The summed E-state index contributed by atoms with van der Waals surface area (Å²) in [6, 6.07) is 3.32. The number of rotatable bonds is 6. The summed E-state index contributed by atoms with van der Waals surface area (Å²) in [7, 11) is 2.23. The number of anilines is 1. The number of hydrogen-bond donors (Lipinski definition) is 0. The Morgan fingerprint density at radius 3 is 2.59 bits per heavy atom. The summed E-state index contributed by atoms with van der Waals surface area (Å²) in [4.78, 5) is 14.4. The van der Waals surface area contributed by atoms with E-state index in [-0.39, 0.29) is 0 Å². The third-order valence-corrected chi connectivity index (χ3v) is 5.06. The number of likely N-dealkylation sites (tertiary alicyclic amines) is 1. The molecule has 0 N–H and O–H groups in total. The smallest absolute Gasteiger partial charge is 0.226 e. The van der Waals surface area contributed by atoms with Gasteiger partial charge in [-0.15, -0.1) is 0 Å². The van der Waals surface area contributed by atoms with Gasteiger partial charge in [-0.3, -0.25) is 0 Å². The van der Waals surface area contributed by atoms with Gasteiger partial charge in [-0.05, 0) is 44.7 Å². The van der Waals surface area contributed by atoms with Crippen molar-refractivity contribution in [2.24, 2.45) is 5.92 Å². The minimum atomic E-state index is 0.611. The zero-order chi connectivity index (χ0) is 15.5. The van der Waals surface area contributed by atoms with E-state index in [0.717, 1.165) is 31.4 Å². The van der Waals surface area contributed by atoms with Crippen LogP contribution in [0.5, 0.6) is 0 Å². The van der Waals surface area contributed by atoms with E-state index >= 15 is 0 Å². The maximum atomic E-state index is 4.88. The molecule has 0 saturated carbocycles. The fourth-order valence-electron chi connectivity index (χ4n) is 3.95. The molecule has 3 heterocycles. The lowest BCUT2D eigenvalue weighted by atomic mass is 10.0. The lowest BCUT2D eigenvalue weighted by molar-refractivity contribution is 0.262. The molecule has 0 aliphatic carbocycles. The molecule has 2 aliphatic rings. The molecule has 2 atom stereocenters. The molecule has 4 nitrogen and oxygen atoms in total. The van der Waals surface area contributed by atoms with E-state index in [1.54, 1.807) is 0 Å². The third kappa shape index (κ3) is 3.60. The number of piperazine rings is 1. The first kappa shape index (κ1) is 15.7. The van der Waals surface area contributed by atoms with Gasteiger partial charge in [-0.25, -0.2) is 9.97 Å². The zero-order valence-electron chi connectivity index (χ0n) is 14.3. The van der Waals surface area contributed by atoms with E-state index in [1.807, 2.05) is 6.20 Å². The summed E-state index contributed by atoms with van der Waals surface area (Å²) in [6.45, 7) is 6.90. The molecule has 1 aromatic heterocycles. The van der Waals surface area contributed by atoms with E-state index in [9.17, 15) is 0 Å². The highest BCUT2D eigenvalue weighted by Gasteiger charge is 2.40. The molecule has 2 saturated heterocycles. The number of hydrogen-bond acceptors (Lipinski definition) is 4. The van der Waals surface area contributed by atoms with Crippen LogP contribution < -0.4 is 4.90 Å². The second-order valence-electron chi connectivity index (χ2n) is 7.50. The van der Waals surface area contributed by atoms with Gasteiger partial charge in [0.2, 0.25) is 5.95 Å². The fraction of sp³-hybridized carbons (Fsp3) is 0.778. The van der Waals surface area contributed by atoms with Gasteiger partial charge >= 0.3 is 0 Å². The van der Waals surface area contributed by atoms with Crippen LogP contribution in [0.15, 0.2) is 12.3 Å². The summed E-state index contributed by atoms with van der Waals surface area (Å²) in [5.41, 5.74) is 1.21. The number of fused-ring (bicyclic) bond motifs is 2. The number of aromatic nitrogens is 2. The highest BCUT2D eigenvalue weighted by Crippen LogP contribution is 2.32. The van der Waals surface area contributed by atoms with Crippen LogP contribution in [-0.2, 0) is 6.42 Å². The number of aryl methyl sites for hydroxylation is 1. The molecule has 0 aromatic carbocycles. The predicted molar refractivity (Wildman–Crippen MR) is 91.2 cm³/mol. The van der Waals surface area contributed by atoms with Gasteiger partial charge in [0.1, 0.15) is 0 Å². The first-order valence-corrected chi connectivity index (χ1v) is 8.92. The standard InChI is InChI=1S/C18H30N4/c1-14(2)6-4-5-7-15-10-11-19-18(20-15)22-16-8-9-17(22)13-21(3)12-16/h10-11,14,16-17H,4-9,12-13H2,1-3H3. The van der Waals surface area contributed by atoms with Crippen molar-refractivity contribution >= 4 is 5.95 Å². The highest BCUT2D eigenvalue weighted by molar-refractivity contribution is 5.38. The van der Waals surface area contributed by atoms with Crippen LogP contribution in [0, 0.1) is 5.92 Å². The summed E-state index contributed by atoms with van der Waals surface area (Å²) < 4.78 is 0. The van der Waals surface area contributed by atoms with Gasteiger partial charge in [-0.1, -0.05) is 26.7 Å². The van der Waals surface area contributed by atoms with Crippen LogP contribution in [0.2, 0.25) is 0 Å². The van der Waals surface area contributed by atoms with Crippen LogP contribution in [-0.4, -0.2) is 47.1 Å².